The van der Waals surface area contributed by atoms with Crippen LogP contribution >= 0.6 is 11.8 Å². The number of carbonyl (C=O) groups excluding carboxylic acids is 1. The molecule has 0 saturated heterocycles. The van der Waals surface area contributed by atoms with Gasteiger partial charge in [-0.3, -0.25) is 9.36 Å². The number of aromatic carboxylic acids is 1. The Hall–Kier alpha value is -4.44. The van der Waals surface area contributed by atoms with E-state index in [-0.39, 0.29) is 17.2 Å². The summed E-state index contributed by atoms with van der Waals surface area (Å²) in [4.78, 5) is 23.3. The Morgan fingerprint density at radius 2 is 1.72 bits per heavy atom. The molecular formula is C26H23N5O4S. The molecule has 1 amide bonds. The number of ether oxygens (including phenoxy) is 1. The number of hydrazone groups is 1. The van der Waals surface area contributed by atoms with Crippen LogP contribution in [-0.4, -0.2) is 50.8 Å². The molecule has 1 aromatic heterocycles. The van der Waals surface area contributed by atoms with E-state index in [1.54, 1.807) is 19.2 Å². The summed E-state index contributed by atoms with van der Waals surface area (Å²) in [6.07, 6.45) is 1.45. The Morgan fingerprint density at radius 1 is 1.03 bits per heavy atom. The molecule has 10 heteroatoms. The zero-order chi connectivity index (χ0) is 25.5. The minimum atomic E-state index is -1.00. The maximum Gasteiger partial charge on any atom is 0.335 e. The summed E-state index contributed by atoms with van der Waals surface area (Å²) in [5.41, 5.74) is 6.19. The van der Waals surface area contributed by atoms with E-state index >= 15 is 0 Å². The van der Waals surface area contributed by atoms with Crippen molar-refractivity contribution in [1.82, 2.24) is 20.2 Å². The zero-order valence-electron chi connectivity index (χ0n) is 19.6. The first-order chi connectivity index (χ1) is 17.4. The average molecular weight is 502 g/mol. The quantitative estimate of drug-likeness (QED) is 0.200. The van der Waals surface area contributed by atoms with Gasteiger partial charge in [0, 0.05) is 11.3 Å². The highest BCUT2D eigenvalue weighted by Gasteiger charge is 2.17. The number of aryl methyl sites for hydroxylation is 1. The fourth-order valence-electron chi connectivity index (χ4n) is 3.27. The molecule has 36 heavy (non-hydrogen) atoms. The molecule has 0 aliphatic rings. The Bertz CT molecular complexity index is 1380. The molecule has 9 nitrogen and oxygen atoms in total. The lowest BCUT2D eigenvalue weighted by atomic mass is 10.1. The number of amides is 1. The number of benzene rings is 3. The van der Waals surface area contributed by atoms with E-state index < -0.39 is 5.97 Å². The smallest absolute Gasteiger partial charge is 0.335 e. The van der Waals surface area contributed by atoms with E-state index in [0.717, 1.165) is 22.6 Å². The van der Waals surface area contributed by atoms with E-state index in [9.17, 15) is 9.59 Å². The normalized spacial score (nSPS) is 10.9. The van der Waals surface area contributed by atoms with Crippen molar-refractivity contribution in [3.05, 3.63) is 89.5 Å². The van der Waals surface area contributed by atoms with E-state index in [1.165, 1.54) is 30.1 Å². The molecule has 4 rings (SSSR count). The van der Waals surface area contributed by atoms with Crippen molar-refractivity contribution in [3.8, 4) is 22.8 Å². The molecule has 0 bridgehead atoms. The van der Waals surface area contributed by atoms with Crippen molar-refractivity contribution in [3.63, 3.8) is 0 Å². The molecule has 0 atom stereocenters. The number of carboxylic acids is 1. The minimum Gasteiger partial charge on any atom is -0.497 e. The Balaban J connectivity index is 1.48. The average Bonchev–Trinajstić information content (AvgIpc) is 3.32. The largest absolute Gasteiger partial charge is 0.497 e. The van der Waals surface area contributed by atoms with Crippen molar-refractivity contribution in [1.29, 1.82) is 0 Å². The van der Waals surface area contributed by atoms with Gasteiger partial charge in [0.15, 0.2) is 11.0 Å². The van der Waals surface area contributed by atoms with Gasteiger partial charge < -0.3 is 9.84 Å². The van der Waals surface area contributed by atoms with Gasteiger partial charge in [0.2, 0.25) is 0 Å². The number of carboxylic acid groups (broad SMARTS) is 1. The van der Waals surface area contributed by atoms with Crippen LogP contribution in [0, 0.1) is 6.92 Å². The van der Waals surface area contributed by atoms with Gasteiger partial charge in [-0.2, -0.15) is 5.10 Å². The summed E-state index contributed by atoms with van der Waals surface area (Å²) in [7, 11) is 1.61. The van der Waals surface area contributed by atoms with Gasteiger partial charge in [-0.1, -0.05) is 41.6 Å². The van der Waals surface area contributed by atoms with E-state index in [2.05, 4.69) is 20.7 Å². The Kier molecular flexibility index (Phi) is 7.76. The fourth-order valence-corrected chi connectivity index (χ4v) is 4.01. The van der Waals surface area contributed by atoms with Crippen molar-refractivity contribution in [2.45, 2.75) is 12.1 Å². The first-order valence-corrected chi connectivity index (χ1v) is 11.9. The number of aromatic nitrogens is 3. The molecule has 0 saturated carbocycles. The number of carbonyl (C=O) groups is 2. The molecule has 0 fully saturated rings. The third-order valence-electron chi connectivity index (χ3n) is 5.17. The molecule has 2 N–H and O–H groups in total. The predicted octanol–water partition coefficient (Wildman–Crippen LogP) is 4.19. The van der Waals surface area contributed by atoms with E-state index in [4.69, 9.17) is 9.84 Å². The molecule has 0 spiro atoms. The molecule has 3 aromatic carbocycles. The first-order valence-electron chi connectivity index (χ1n) is 10.9. The van der Waals surface area contributed by atoms with Gasteiger partial charge >= 0.3 is 5.97 Å². The van der Waals surface area contributed by atoms with Crippen molar-refractivity contribution >= 4 is 29.9 Å². The summed E-state index contributed by atoms with van der Waals surface area (Å²) in [5.74, 6) is 0.138. The molecule has 1 heterocycles. The molecule has 0 radical (unpaired) electrons. The lowest BCUT2D eigenvalue weighted by Gasteiger charge is -2.11. The maximum absolute atomic E-state index is 12.4. The van der Waals surface area contributed by atoms with Crippen LogP contribution in [0.15, 0.2) is 83.1 Å². The van der Waals surface area contributed by atoms with Gasteiger partial charge in [0.1, 0.15) is 5.75 Å². The van der Waals surface area contributed by atoms with Crippen LogP contribution < -0.4 is 10.2 Å². The SMILES string of the molecule is COc1ccc(-c2nnc(SCC(=O)N/N=C\c3ccc(C(=O)O)cc3)n2-c2ccc(C)cc2)cc1. The zero-order valence-corrected chi connectivity index (χ0v) is 20.4. The standard InChI is InChI=1S/C26H23N5O4S/c1-17-3-11-21(12-4-17)31-24(19-9-13-22(35-2)14-10-19)29-30-26(31)36-16-23(32)28-27-15-18-5-7-20(8-6-18)25(33)34/h3-15H,16H2,1-2H3,(H,28,32)(H,33,34)/b27-15-. The first kappa shape index (κ1) is 24.7. The fraction of sp³-hybridized carbons (Fsp3) is 0.115. The van der Waals surface area contributed by atoms with Gasteiger partial charge in [0.25, 0.3) is 5.91 Å². The van der Waals surface area contributed by atoms with Gasteiger partial charge in [-0.15, -0.1) is 10.2 Å². The highest BCUT2D eigenvalue weighted by molar-refractivity contribution is 7.99. The van der Waals surface area contributed by atoms with Crippen LogP contribution in [0.1, 0.15) is 21.5 Å². The highest BCUT2D eigenvalue weighted by atomic mass is 32.2. The molecule has 0 aliphatic heterocycles. The molecule has 0 unspecified atom stereocenters. The number of rotatable bonds is 9. The van der Waals surface area contributed by atoms with E-state index in [0.29, 0.717) is 16.5 Å². The van der Waals surface area contributed by atoms with Gasteiger partial charge in [-0.05, 0) is 61.0 Å². The molecule has 182 valence electrons. The monoisotopic (exact) mass is 501 g/mol. The van der Waals surface area contributed by atoms with Crippen LogP contribution in [-0.2, 0) is 4.79 Å². The molecule has 4 aromatic rings. The Labute approximate surface area is 211 Å². The maximum atomic E-state index is 12.4. The topological polar surface area (TPSA) is 119 Å². The number of nitrogens with zero attached hydrogens (tertiary/aromatic N) is 4. The number of hydrogen-bond acceptors (Lipinski definition) is 7. The lowest BCUT2D eigenvalue weighted by molar-refractivity contribution is -0.118. The number of nitrogens with one attached hydrogen (secondary N) is 1. The second kappa shape index (κ2) is 11.3. The predicted molar refractivity (Wildman–Crippen MR) is 138 cm³/mol. The van der Waals surface area contributed by atoms with Gasteiger partial charge in [-0.25, -0.2) is 10.2 Å². The lowest BCUT2D eigenvalue weighted by Crippen LogP contribution is -2.20. The minimum absolute atomic E-state index is 0.0713. The molecular weight excluding hydrogens is 478 g/mol. The van der Waals surface area contributed by atoms with Crippen LogP contribution in [0.5, 0.6) is 5.75 Å². The van der Waals surface area contributed by atoms with Crippen molar-refractivity contribution in [2.75, 3.05) is 12.9 Å². The Morgan fingerprint density at radius 3 is 2.36 bits per heavy atom. The third kappa shape index (κ3) is 5.97. The summed E-state index contributed by atoms with van der Waals surface area (Å²) < 4.78 is 7.16. The van der Waals surface area contributed by atoms with Crippen LogP contribution in [0.3, 0.4) is 0 Å². The number of methoxy groups -OCH3 is 1. The summed E-state index contributed by atoms with van der Waals surface area (Å²) in [5, 5.41) is 22.2. The van der Waals surface area contributed by atoms with E-state index in [1.807, 2.05) is 60.0 Å². The van der Waals surface area contributed by atoms with Crippen LogP contribution in [0.25, 0.3) is 17.1 Å². The van der Waals surface area contributed by atoms with Crippen molar-refractivity contribution < 1.29 is 19.4 Å². The summed E-state index contributed by atoms with van der Waals surface area (Å²) in [6, 6.07) is 21.7. The van der Waals surface area contributed by atoms with Crippen molar-refractivity contribution in [2.24, 2.45) is 5.10 Å². The summed E-state index contributed by atoms with van der Waals surface area (Å²) in [6.45, 7) is 2.02. The third-order valence-corrected chi connectivity index (χ3v) is 6.10. The van der Waals surface area contributed by atoms with Crippen LogP contribution in [0.4, 0.5) is 0 Å². The molecule has 0 aliphatic carbocycles. The summed E-state index contributed by atoms with van der Waals surface area (Å²) >= 11 is 1.24. The second-order valence-electron chi connectivity index (χ2n) is 7.71. The van der Waals surface area contributed by atoms with Gasteiger partial charge in [0.05, 0.1) is 24.6 Å². The number of thioether (sulfide) groups is 1. The second-order valence-corrected chi connectivity index (χ2v) is 8.66. The van der Waals surface area contributed by atoms with Crippen LogP contribution in [0.2, 0.25) is 0 Å². The number of hydrogen-bond donors (Lipinski definition) is 2. The highest BCUT2D eigenvalue weighted by Crippen LogP contribution is 2.29.